The molecule has 0 radical (unpaired) electrons. The van der Waals surface area contributed by atoms with Gasteiger partial charge in [-0.3, -0.25) is 4.40 Å². The molecule has 6 heteroatoms. The van der Waals surface area contributed by atoms with E-state index in [0.29, 0.717) is 0 Å². The van der Waals surface area contributed by atoms with Gasteiger partial charge in [0, 0.05) is 12.1 Å². The van der Waals surface area contributed by atoms with Crippen molar-refractivity contribution in [2.24, 2.45) is 0 Å². The summed E-state index contributed by atoms with van der Waals surface area (Å²) in [5.74, 6) is -0.208. The molecule has 0 amide bonds. The molecule has 0 unspecified atom stereocenters. The number of rotatable bonds is 2. The van der Waals surface area contributed by atoms with Crippen LogP contribution in [0.3, 0.4) is 0 Å². The summed E-state index contributed by atoms with van der Waals surface area (Å²) in [5, 5.41) is 22.4. The number of fused-ring (bicyclic) bond motifs is 1. The van der Waals surface area contributed by atoms with Gasteiger partial charge in [-0.15, -0.1) is 0 Å². The van der Waals surface area contributed by atoms with Crippen molar-refractivity contribution in [1.82, 2.24) is 14.7 Å². The third-order valence-corrected chi connectivity index (χ3v) is 3.58. The second-order valence-electron chi connectivity index (χ2n) is 4.76. The number of hydrogen-bond acceptors (Lipinski definition) is 4. The van der Waals surface area contributed by atoms with E-state index < -0.39 is 5.97 Å². The standard InChI is InChI=1S/C13H15N3O3/c17-9-2-1-7-16-11(9)10(13(18)19)15-12(16)8-3-5-14-6-4-8/h1-2,7-8,14,17H,3-6H2,(H,18,19). The largest absolute Gasteiger partial charge is 0.506 e. The Balaban J connectivity index is 2.19. The monoisotopic (exact) mass is 261 g/mol. The summed E-state index contributed by atoms with van der Waals surface area (Å²) < 4.78 is 1.70. The van der Waals surface area contributed by atoms with Crippen LogP contribution < -0.4 is 5.32 Å². The average molecular weight is 261 g/mol. The van der Waals surface area contributed by atoms with Crippen LogP contribution in [0.15, 0.2) is 18.3 Å². The first kappa shape index (κ1) is 12.0. The van der Waals surface area contributed by atoms with Gasteiger partial charge >= 0.3 is 5.97 Å². The fraction of sp³-hybridized carbons (Fsp3) is 0.385. The Hall–Kier alpha value is -2.08. The highest BCUT2D eigenvalue weighted by Crippen LogP contribution is 2.30. The Bertz CT molecular complexity index is 629. The molecule has 0 spiro atoms. The molecular weight excluding hydrogens is 246 g/mol. The van der Waals surface area contributed by atoms with Gasteiger partial charge in [-0.2, -0.15) is 0 Å². The molecule has 2 aromatic heterocycles. The quantitative estimate of drug-likeness (QED) is 0.756. The molecule has 0 aliphatic carbocycles. The summed E-state index contributed by atoms with van der Waals surface area (Å²) in [4.78, 5) is 15.5. The Labute approximate surface area is 109 Å². The van der Waals surface area contributed by atoms with Crippen molar-refractivity contribution >= 4 is 11.5 Å². The summed E-state index contributed by atoms with van der Waals surface area (Å²) in [6.07, 6.45) is 3.60. The molecule has 3 heterocycles. The van der Waals surface area contributed by atoms with E-state index in [1.165, 1.54) is 6.07 Å². The number of imidazole rings is 1. The molecule has 6 nitrogen and oxygen atoms in total. The summed E-state index contributed by atoms with van der Waals surface area (Å²) in [7, 11) is 0. The Morgan fingerprint density at radius 3 is 2.84 bits per heavy atom. The van der Waals surface area contributed by atoms with Crippen molar-refractivity contribution in [3.05, 3.63) is 29.8 Å². The van der Waals surface area contributed by atoms with Gasteiger partial charge in [0.2, 0.25) is 0 Å². The minimum absolute atomic E-state index is 0.0485. The highest BCUT2D eigenvalue weighted by Gasteiger charge is 2.25. The summed E-state index contributed by atoms with van der Waals surface area (Å²) >= 11 is 0. The Kier molecular flexibility index (Phi) is 2.87. The van der Waals surface area contributed by atoms with E-state index in [1.807, 2.05) is 0 Å². The van der Waals surface area contributed by atoms with E-state index in [-0.39, 0.29) is 22.9 Å². The van der Waals surface area contributed by atoms with Gasteiger partial charge in [0.15, 0.2) is 5.69 Å². The van der Waals surface area contributed by atoms with Gasteiger partial charge in [-0.1, -0.05) is 0 Å². The number of carboxylic acids is 1. The van der Waals surface area contributed by atoms with Gasteiger partial charge in [-0.05, 0) is 38.1 Å². The van der Waals surface area contributed by atoms with Crippen molar-refractivity contribution < 1.29 is 15.0 Å². The molecule has 0 atom stereocenters. The van der Waals surface area contributed by atoms with Crippen LogP contribution >= 0.6 is 0 Å². The molecule has 3 rings (SSSR count). The van der Waals surface area contributed by atoms with Crippen LogP contribution in [-0.2, 0) is 0 Å². The molecule has 1 aliphatic rings. The number of aromatic nitrogens is 2. The topological polar surface area (TPSA) is 86.9 Å². The Morgan fingerprint density at radius 2 is 2.16 bits per heavy atom. The number of carbonyl (C=O) groups is 1. The maximum Gasteiger partial charge on any atom is 0.356 e. The zero-order valence-corrected chi connectivity index (χ0v) is 10.3. The van der Waals surface area contributed by atoms with Crippen LogP contribution in [0.1, 0.15) is 35.1 Å². The van der Waals surface area contributed by atoms with E-state index in [9.17, 15) is 15.0 Å². The zero-order valence-electron chi connectivity index (χ0n) is 10.3. The first-order valence-electron chi connectivity index (χ1n) is 6.32. The molecule has 0 aromatic carbocycles. The number of hydrogen-bond donors (Lipinski definition) is 3. The number of pyridine rings is 1. The number of aromatic carboxylic acids is 1. The number of nitrogens with one attached hydrogen (secondary N) is 1. The minimum Gasteiger partial charge on any atom is -0.506 e. The highest BCUT2D eigenvalue weighted by atomic mass is 16.4. The van der Waals surface area contributed by atoms with Crippen LogP contribution in [0.25, 0.3) is 5.52 Å². The molecule has 1 saturated heterocycles. The lowest BCUT2D eigenvalue weighted by molar-refractivity contribution is 0.0692. The van der Waals surface area contributed by atoms with E-state index >= 15 is 0 Å². The zero-order chi connectivity index (χ0) is 13.4. The molecule has 100 valence electrons. The third kappa shape index (κ3) is 1.94. The molecular formula is C13H15N3O3. The molecule has 1 fully saturated rings. The highest BCUT2D eigenvalue weighted by molar-refractivity contribution is 5.95. The summed E-state index contributed by atoms with van der Waals surface area (Å²) in [6.45, 7) is 1.81. The summed E-state index contributed by atoms with van der Waals surface area (Å²) in [5.41, 5.74) is 0.204. The smallest absolute Gasteiger partial charge is 0.356 e. The fourth-order valence-corrected chi connectivity index (χ4v) is 2.66. The molecule has 2 aromatic rings. The van der Waals surface area contributed by atoms with Crippen LogP contribution in [0.5, 0.6) is 5.75 Å². The van der Waals surface area contributed by atoms with Crippen molar-refractivity contribution in [1.29, 1.82) is 0 Å². The number of carboxylic acid groups (broad SMARTS) is 1. The van der Waals surface area contributed by atoms with Gasteiger partial charge in [0.25, 0.3) is 0 Å². The van der Waals surface area contributed by atoms with Crippen molar-refractivity contribution in [3.8, 4) is 5.75 Å². The lowest BCUT2D eigenvalue weighted by atomic mass is 9.97. The first-order chi connectivity index (χ1) is 9.18. The lowest BCUT2D eigenvalue weighted by Gasteiger charge is -2.21. The van der Waals surface area contributed by atoms with E-state index in [2.05, 4.69) is 10.3 Å². The molecule has 1 aliphatic heterocycles. The third-order valence-electron chi connectivity index (χ3n) is 3.58. The van der Waals surface area contributed by atoms with Crippen LogP contribution in [-0.4, -0.2) is 38.7 Å². The van der Waals surface area contributed by atoms with Gasteiger partial charge in [0.05, 0.1) is 0 Å². The first-order valence-corrected chi connectivity index (χ1v) is 6.32. The fourth-order valence-electron chi connectivity index (χ4n) is 2.66. The van der Waals surface area contributed by atoms with Crippen molar-refractivity contribution in [2.45, 2.75) is 18.8 Å². The summed E-state index contributed by atoms with van der Waals surface area (Å²) in [6, 6.07) is 3.18. The number of piperidine rings is 1. The number of aromatic hydroxyl groups is 1. The minimum atomic E-state index is -1.11. The lowest BCUT2D eigenvalue weighted by Crippen LogP contribution is -2.27. The van der Waals surface area contributed by atoms with Crippen molar-refractivity contribution in [3.63, 3.8) is 0 Å². The van der Waals surface area contributed by atoms with E-state index in [0.717, 1.165) is 31.8 Å². The van der Waals surface area contributed by atoms with Gasteiger partial charge in [0.1, 0.15) is 17.1 Å². The van der Waals surface area contributed by atoms with Crippen LogP contribution in [0.4, 0.5) is 0 Å². The average Bonchev–Trinajstić information content (AvgIpc) is 2.81. The second kappa shape index (κ2) is 4.55. The maximum atomic E-state index is 11.3. The predicted octanol–water partition coefficient (Wildman–Crippen LogP) is 1.21. The maximum absolute atomic E-state index is 11.3. The van der Waals surface area contributed by atoms with Crippen molar-refractivity contribution in [2.75, 3.05) is 13.1 Å². The van der Waals surface area contributed by atoms with Gasteiger partial charge < -0.3 is 15.5 Å². The predicted molar refractivity (Wildman–Crippen MR) is 68.7 cm³/mol. The molecule has 0 saturated carbocycles. The SMILES string of the molecule is O=C(O)c1nc(C2CCNCC2)n2cccc(O)c12. The molecule has 3 N–H and O–H groups in total. The van der Waals surface area contributed by atoms with E-state index in [4.69, 9.17) is 0 Å². The second-order valence-corrected chi connectivity index (χ2v) is 4.76. The normalized spacial score (nSPS) is 16.8. The van der Waals surface area contributed by atoms with Gasteiger partial charge in [-0.25, -0.2) is 9.78 Å². The Morgan fingerprint density at radius 1 is 1.42 bits per heavy atom. The van der Waals surface area contributed by atoms with Crippen LogP contribution in [0, 0.1) is 0 Å². The molecule has 19 heavy (non-hydrogen) atoms. The number of nitrogens with zero attached hydrogens (tertiary/aromatic N) is 2. The molecule has 0 bridgehead atoms. The van der Waals surface area contributed by atoms with E-state index in [1.54, 1.807) is 16.7 Å². The van der Waals surface area contributed by atoms with Crippen LogP contribution in [0.2, 0.25) is 0 Å².